The first kappa shape index (κ1) is 7.50. The van der Waals surface area contributed by atoms with Gasteiger partial charge in [-0.25, -0.2) is 0 Å². The number of benzene rings is 1. The van der Waals surface area contributed by atoms with Crippen LogP contribution in [0, 0.1) is 11.3 Å². The van der Waals surface area contributed by atoms with Gasteiger partial charge in [0.15, 0.2) is 0 Å². The molecule has 0 nitrogen and oxygen atoms in total. The molecule has 3 aliphatic rings. The molecule has 0 aliphatic heterocycles. The van der Waals surface area contributed by atoms with E-state index in [1.807, 2.05) is 0 Å². The quantitative estimate of drug-likeness (QED) is 0.659. The molecule has 1 spiro atoms. The minimum absolute atomic E-state index is 0.661. The Morgan fingerprint density at radius 2 is 1.71 bits per heavy atom. The van der Waals surface area contributed by atoms with Gasteiger partial charge in [-0.3, -0.25) is 0 Å². The van der Waals surface area contributed by atoms with Gasteiger partial charge in [0.2, 0.25) is 0 Å². The van der Waals surface area contributed by atoms with Crippen LogP contribution < -0.4 is 0 Å². The van der Waals surface area contributed by atoms with Gasteiger partial charge >= 0.3 is 0 Å². The van der Waals surface area contributed by atoms with Crippen molar-refractivity contribution in [2.45, 2.75) is 37.5 Å². The molecular weight excluding hydrogens is 168 g/mol. The smallest absolute Gasteiger partial charge is 0.00435 e. The zero-order chi connectivity index (χ0) is 9.23. The molecule has 0 radical (unpaired) electrons. The van der Waals surface area contributed by atoms with E-state index >= 15 is 0 Å². The van der Waals surface area contributed by atoms with Crippen molar-refractivity contribution < 1.29 is 0 Å². The summed E-state index contributed by atoms with van der Waals surface area (Å²) in [7, 11) is 0. The minimum atomic E-state index is 0.661. The Hall–Kier alpha value is -0.780. The van der Waals surface area contributed by atoms with Crippen LogP contribution in [0.25, 0.3) is 0 Å². The fourth-order valence-electron chi connectivity index (χ4n) is 3.80. The van der Waals surface area contributed by atoms with Crippen molar-refractivity contribution in [1.82, 2.24) is 0 Å². The molecule has 0 aromatic heterocycles. The minimum Gasteiger partial charge on any atom is -0.0622 e. The van der Waals surface area contributed by atoms with E-state index in [9.17, 15) is 0 Å². The maximum Gasteiger partial charge on any atom is 0.00435 e. The summed E-state index contributed by atoms with van der Waals surface area (Å²) in [6.07, 6.45) is 7.53. The predicted molar refractivity (Wildman–Crippen MR) is 57.1 cm³/mol. The average molecular weight is 184 g/mol. The summed E-state index contributed by atoms with van der Waals surface area (Å²) in [5.74, 6) is 1.05. The molecule has 0 heterocycles. The molecule has 0 bridgehead atoms. The van der Waals surface area contributed by atoms with E-state index < -0.39 is 0 Å². The van der Waals surface area contributed by atoms with Crippen LogP contribution in [0.4, 0.5) is 0 Å². The van der Waals surface area contributed by atoms with Crippen molar-refractivity contribution in [3.05, 3.63) is 35.9 Å². The fraction of sp³-hybridized carbons (Fsp3) is 0.571. The molecule has 3 saturated carbocycles. The molecule has 1 unspecified atom stereocenters. The molecule has 0 saturated heterocycles. The summed E-state index contributed by atoms with van der Waals surface area (Å²) >= 11 is 0. The van der Waals surface area contributed by atoms with Gasteiger partial charge in [0.05, 0.1) is 0 Å². The highest BCUT2D eigenvalue weighted by atomic mass is 14.8. The highest BCUT2D eigenvalue weighted by Crippen LogP contribution is 2.84. The van der Waals surface area contributed by atoms with E-state index in [0.717, 1.165) is 11.3 Å². The van der Waals surface area contributed by atoms with E-state index in [4.69, 9.17) is 0 Å². The Morgan fingerprint density at radius 1 is 1.00 bits per heavy atom. The third kappa shape index (κ3) is 0.724. The number of rotatable bonds is 2. The molecule has 4 rings (SSSR count). The molecule has 3 fully saturated rings. The second-order valence-corrected chi connectivity index (χ2v) is 5.57. The van der Waals surface area contributed by atoms with Crippen molar-refractivity contribution in [2.75, 3.05) is 0 Å². The number of hydrogen-bond acceptors (Lipinski definition) is 0. The van der Waals surface area contributed by atoms with Crippen molar-refractivity contribution in [2.24, 2.45) is 11.3 Å². The van der Waals surface area contributed by atoms with Crippen molar-refractivity contribution in [3.8, 4) is 0 Å². The zero-order valence-electron chi connectivity index (χ0n) is 8.50. The molecule has 1 aromatic rings. The molecular formula is C14H16. The van der Waals surface area contributed by atoms with Crippen LogP contribution in [0.2, 0.25) is 0 Å². The second-order valence-electron chi connectivity index (χ2n) is 5.57. The summed E-state index contributed by atoms with van der Waals surface area (Å²) in [5.41, 5.74) is 3.11. The van der Waals surface area contributed by atoms with Crippen LogP contribution in [0.3, 0.4) is 0 Å². The molecule has 0 N–H and O–H groups in total. The molecule has 0 heteroatoms. The zero-order valence-corrected chi connectivity index (χ0v) is 8.50. The summed E-state index contributed by atoms with van der Waals surface area (Å²) < 4.78 is 0. The van der Waals surface area contributed by atoms with E-state index in [1.54, 1.807) is 5.56 Å². The van der Waals surface area contributed by atoms with Crippen LogP contribution in [0.15, 0.2) is 30.3 Å². The van der Waals surface area contributed by atoms with E-state index in [-0.39, 0.29) is 0 Å². The standard InChI is InChI=1S/C14H16/c1-2-4-11(5-3-1)14(12-6-7-12)10-13(14)8-9-13/h1-5,12H,6-10H2. The lowest BCUT2D eigenvalue weighted by molar-refractivity contribution is 0.524. The normalized spacial score (nSPS) is 37.1. The van der Waals surface area contributed by atoms with Gasteiger partial charge in [-0.2, -0.15) is 0 Å². The van der Waals surface area contributed by atoms with Gasteiger partial charge in [0, 0.05) is 5.41 Å². The maximum atomic E-state index is 2.37. The Bertz CT molecular complexity index is 370. The van der Waals surface area contributed by atoms with Gasteiger partial charge < -0.3 is 0 Å². The molecule has 72 valence electrons. The first-order valence-electron chi connectivity index (χ1n) is 5.93. The van der Waals surface area contributed by atoms with E-state index in [1.165, 1.54) is 32.1 Å². The van der Waals surface area contributed by atoms with Gasteiger partial charge in [-0.1, -0.05) is 30.3 Å². The number of hydrogen-bond donors (Lipinski definition) is 0. The monoisotopic (exact) mass is 184 g/mol. The van der Waals surface area contributed by atoms with Crippen LogP contribution >= 0.6 is 0 Å². The Labute approximate surface area is 85.3 Å². The lowest BCUT2D eigenvalue weighted by Gasteiger charge is -2.16. The van der Waals surface area contributed by atoms with E-state index in [2.05, 4.69) is 30.3 Å². The molecule has 1 aromatic carbocycles. The Kier molecular flexibility index (Phi) is 1.11. The summed E-state index contributed by atoms with van der Waals surface area (Å²) in [6, 6.07) is 11.3. The van der Waals surface area contributed by atoms with Gasteiger partial charge in [0.1, 0.15) is 0 Å². The van der Waals surface area contributed by atoms with Crippen molar-refractivity contribution in [3.63, 3.8) is 0 Å². The fourth-order valence-corrected chi connectivity index (χ4v) is 3.80. The summed E-state index contributed by atoms with van der Waals surface area (Å²) in [6.45, 7) is 0. The second kappa shape index (κ2) is 2.08. The largest absolute Gasteiger partial charge is 0.0622 e. The Balaban J connectivity index is 1.81. The van der Waals surface area contributed by atoms with Crippen LogP contribution in [0.1, 0.15) is 37.7 Å². The molecule has 3 aliphatic carbocycles. The van der Waals surface area contributed by atoms with Crippen LogP contribution in [0.5, 0.6) is 0 Å². The molecule has 0 amide bonds. The first-order valence-corrected chi connectivity index (χ1v) is 5.93. The van der Waals surface area contributed by atoms with Crippen molar-refractivity contribution >= 4 is 0 Å². The lowest BCUT2D eigenvalue weighted by atomic mass is 9.87. The van der Waals surface area contributed by atoms with Crippen LogP contribution in [-0.4, -0.2) is 0 Å². The summed E-state index contributed by atoms with van der Waals surface area (Å²) in [4.78, 5) is 0. The average Bonchev–Trinajstić information content (AvgIpc) is 3.09. The van der Waals surface area contributed by atoms with E-state index in [0.29, 0.717) is 5.41 Å². The van der Waals surface area contributed by atoms with Crippen molar-refractivity contribution in [1.29, 1.82) is 0 Å². The topological polar surface area (TPSA) is 0 Å². The van der Waals surface area contributed by atoms with Gasteiger partial charge in [-0.05, 0) is 49.0 Å². The van der Waals surface area contributed by atoms with Crippen LogP contribution in [-0.2, 0) is 5.41 Å². The predicted octanol–water partition coefficient (Wildman–Crippen LogP) is 3.52. The van der Waals surface area contributed by atoms with Gasteiger partial charge in [-0.15, -0.1) is 0 Å². The maximum absolute atomic E-state index is 2.37. The molecule has 1 atom stereocenters. The Morgan fingerprint density at radius 3 is 2.21 bits per heavy atom. The first-order chi connectivity index (χ1) is 6.87. The summed E-state index contributed by atoms with van der Waals surface area (Å²) in [5, 5.41) is 0. The third-order valence-electron chi connectivity index (χ3n) is 4.86. The molecule has 14 heavy (non-hydrogen) atoms. The third-order valence-corrected chi connectivity index (χ3v) is 4.86. The highest BCUT2D eigenvalue weighted by molar-refractivity contribution is 5.44. The highest BCUT2D eigenvalue weighted by Gasteiger charge is 2.77. The lowest BCUT2D eigenvalue weighted by Crippen LogP contribution is -2.13. The SMILES string of the molecule is c1ccc(C2(C3CC3)CC23CC3)cc1. The van der Waals surface area contributed by atoms with Gasteiger partial charge in [0.25, 0.3) is 0 Å².